The molecule has 0 saturated carbocycles. The number of nitrogens with zero attached hydrogens (tertiary/aromatic N) is 5. The van der Waals surface area contributed by atoms with E-state index in [9.17, 15) is 9.59 Å². The Morgan fingerprint density at radius 3 is 2.96 bits per heavy atom. The van der Waals surface area contributed by atoms with E-state index in [4.69, 9.17) is 9.63 Å². The van der Waals surface area contributed by atoms with Crippen molar-refractivity contribution in [2.24, 2.45) is 7.05 Å². The lowest BCUT2D eigenvalue weighted by Gasteiger charge is -2.27. The average Bonchev–Trinajstić information content (AvgIpc) is 3.17. The number of rotatable bonds is 5. The van der Waals surface area contributed by atoms with Crippen molar-refractivity contribution >= 4 is 12.0 Å². The van der Waals surface area contributed by atoms with E-state index < -0.39 is 5.97 Å². The van der Waals surface area contributed by atoms with Gasteiger partial charge in [0.15, 0.2) is 5.82 Å². The molecule has 0 aliphatic carbocycles. The number of aliphatic carboxylic acids is 1. The van der Waals surface area contributed by atoms with E-state index in [1.807, 2.05) is 0 Å². The number of carboxylic acid groups (broad SMARTS) is 1. The molecule has 0 bridgehead atoms. The number of likely N-dealkylation sites (tertiary alicyclic amines) is 1. The maximum Gasteiger partial charge on any atom is 0.318 e. The van der Waals surface area contributed by atoms with Gasteiger partial charge in [0.1, 0.15) is 0 Å². The maximum atomic E-state index is 12.5. The first kappa shape index (κ1) is 17.9. The fraction of sp³-hybridized carbons (Fsp3) is 0.562. The summed E-state index contributed by atoms with van der Waals surface area (Å²) in [7, 11) is 1.80. The van der Waals surface area contributed by atoms with Crippen LogP contribution in [0.15, 0.2) is 16.9 Å². The summed E-state index contributed by atoms with van der Waals surface area (Å²) in [6, 6.07) is -0.595. The molecule has 1 aliphatic rings. The standard InChI is InChI=1S/C16H22N6O4/c1-21-10-11(9-18-21)15-19-14(20-26-15)12-5-3-2-4-8-22(12)16(25)17-7-6-13(23)24/h9-10,12H,2-8H2,1H3,(H,17,25)(H,23,24). The van der Waals surface area contributed by atoms with Crippen LogP contribution >= 0.6 is 0 Å². The first-order chi connectivity index (χ1) is 12.5. The Morgan fingerprint density at radius 2 is 2.23 bits per heavy atom. The van der Waals surface area contributed by atoms with Crippen molar-refractivity contribution < 1.29 is 19.2 Å². The van der Waals surface area contributed by atoms with Gasteiger partial charge in [0.25, 0.3) is 5.89 Å². The maximum absolute atomic E-state index is 12.5. The number of aryl methyl sites for hydroxylation is 1. The molecule has 1 fully saturated rings. The molecule has 10 heteroatoms. The molecule has 0 aromatic carbocycles. The molecule has 2 aromatic heterocycles. The van der Waals surface area contributed by atoms with E-state index in [0.717, 1.165) is 31.2 Å². The molecular weight excluding hydrogens is 340 g/mol. The van der Waals surface area contributed by atoms with Crippen molar-refractivity contribution in [3.05, 3.63) is 18.2 Å². The Kier molecular flexibility index (Phi) is 5.49. The van der Waals surface area contributed by atoms with Crippen molar-refractivity contribution in [1.82, 2.24) is 30.1 Å². The van der Waals surface area contributed by atoms with Crippen LogP contribution in [0.2, 0.25) is 0 Å². The second-order valence-corrected chi connectivity index (χ2v) is 6.29. The largest absolute Gasteiger partial charge is 0.481 e. The quantitative estimate of drug-likeness (QED) is 0.826. The Hall–Kier alpha value is -2.91. The molecule has 2 N–H and O–H groups in total. The summed E-state index contributed by atoms with van der Waals surface area (Å²) in [6.45, 7) is 0.658. The van der Waals surface area contributed by atoms with E-state index in [-0.39, 0.29) is 25.0 Å². The van der Waals surface area contributed by atoms with Crippen molar-refractivity contribution in [1.29, 1.82) is 0 Å². The first-order valence-electron chi connectivity index (χ1n) is 8.63. The SMILES string of the molecule is Cn1cc(-c2nc(C3CCCCCN3C(=O)NCCC(=O)O)no2)cn1. The highest BCUT2D eigenvalue weighted by Crippen LogP contribution is 2.29. The van der Waals surface area contributed by atoms with Gasteiger partial charge in [0.2, 0.25) is 0 Å². The van der Waals surface area contributed by atoms with Gasteiger partial charge in [-0.05, 0) is 12.8 Å². The summed E-state index contributed by atoms with van der Waals surface area (Å²) in [5.41, 5.74) is 0.720. The predicted molar refractivity (Wildman–Crippen MR) is 90.1 cm³/mol. The number of aromatic nitrogens is 4. The smallest absolute Gasteiger partial charge is 0.318 e. The third-order valence-electron chi connectivity index (χ3n) is 4.32. The van der Waals surface area contributed by atoms with Crippen LogP contribution in [0.25, 0.3) is 11.5 Å². The molecule has 1 saturated heterocycles. The summed E-state index contributed by atoms with van der Waals surface area (Å²) in [5.74, 6) is -0.125. The number of amides is 2. The summed E-state index contributed by atoms with van der Waals surface area (Å²) in [5, 5.41) is 19.5. The molecule has 3 heterocycles. The van der Waals surface area contributed by atoms with Crippen molar-refractivity contribution in [2.75, 3.05) is 13.1 Å². The molecule has 1 atom stereocenters. The number of carbonyl (C=O) groups is 2. The van der Waals surface area contributed by atoms with Gasteiger partial charge in [0, 0.05) is 26.3 Å². The van der Waals surface area contributed by atoms with Gasteiger partial charge < -0.3 is 19.8 Å². The van der Waals surface area contributed by atoms with E-state index in [1.54, 1.807) is 29.0 Å². The van der Waals surface area contributed by atoms with Crippen molar-refractivity contribution in [2.45, 2.75) is 38.1 Å². The Balaban J connectivity index is 1.75. The highest BCUT2D eigenvalue weighted by molar-refractivity contribution is 5.75. The summed E-state index contributed by atoms with van der Waals surface area (Å²) < 4.78 is 6.99. The zero-order valence-corrected chi connectivity index (χ0v) is 14.6. The summed E-state index contributed by atoms with van der Waals surface area (Å²) >= 11 is 0. The van der Waals surface area contributed by atoms with Crippen LogP contribution in [0.1, 0.15) is 44.0 Å². The number of hydrogen-bond donors (Lipinski definition) is 2. The van der Waals surface area contributed by atoms with Crippen LogP contribution in [-0.4, -0.2) is 55.0 Å². The Bertz CT molecular complexity index is 770. The topological polar surface area (TPSA) is 126 Å². The zero-order valence-electron chi connectivity index (χ0n) is 14.6. The number of carboxylic acids is 1. The van der Waals surface area contributed by atoms with Gasteiger partial charge in [-0.2, -0.15) is 10.1 Å². The molecule has 1 aliphatic heterocycles. The van der Waals surface area contributed by atoms with Gasteiger partial charge in [-0.1, -0.05) is 18.0 Å². The fourth-order valence-electron chi connectivity index (χ4n) is 3.02. The van der Waals surface area contributed by atoms with E-state index in [1.165, 1.54) is 0 Å². The molecule has 1 unspecified atom stereocenters. The number of urea groups is 1. The zero-order chi connectivity index (χ0) is 18.5. The minimum absolute atomic E-state index is 0.0879. The van der Waals surface area contributed by atoms with E-state index in [2.05, 4.69) is 20.6 Å². The van der Waals surface area contributed by atoms with Crippen LogP contribution in [0, 0.1) is 0 Å². The molecule has 3 rings (SSSR count). The Morgan fingerprint density at radius 1 is 1.38 bits per heavy atom. The summed E-state index contributed by atoms with van der Waals surface area (Å²) in [4.78, 5) is 29.3. The number of nitrogens with one attached hydrogen (secondary N) is 1. The molecular formula is C16H22N6O4. The molecule has 0 spiro atoms. The minimum atomic E-state index is -0.947. The second-order valence-electron chi connectivity index (χ2n) is 6.29. The third-order valence-corrected chi connectivity index (χ3v) is 4.32. The molecule has 2 amide bonds. The van der Waals surface area contributed by atoms with Gasteiger partial charge in [-0.3, -0.25) is 9.48 Å². The normalized spacial score (nSPS) is 17.7. The predicted octanol–water partition coefficient (Wildman–Crippen LogP) is 1.57. The van der Waals surface area contributed by atoms with E-state index in [0.29, 0.717) is 18.3 Å². The van der Waals surface area contributed by atoms with Crippen molar-refractivity contribution in [3.63, 3.8) is 0 Å². The molecule has 0 radical (unpaired) electrons. The highest BCUT2D eigenvalue weighted by atomic mass is 16.5. The monoisotopic (exact) mass is 362 g/mol. The van der Waals surface area contributed by atoms with Crippen LogP contribution in [0.5, 0.6) is 0 Å². The third kappa shape index (κ3) is 4.19. The van der Waals surface area contributed by atoms with Gasteiger partial charge in [-0.15, -0.1) is 0 Å². The van der Waals surface area contributed by atoms with Gasteiger partial charge >= 0.3 is 12.0 Å². The molecule has 10 nitrogen and oxygen atoms in total. The summed E-state index contributed by atoms with van der Waals surface area (Å²) in [6.07, 6.45) is 6.90. The first-order valence-corrected chi connectivity index (χ1v) is 8.63. The molecule has 2 aromatic rings. The average molecular weight is 362 g/mol. The van der Waals surface area contributed by atoms with Crippen LogP contribution in [0.4, 0.5) is 4.79 Å². The second kappa shape index (κ2) is 7.98. The van der Waals surface area contributed by atoms with Crippen molar-refractivity contribution in [3.8, 4) is 11.5 Å². The van der Waals surface area contributed by atoms with E-state index >= 15 is 0 Å². The fourth-order valence-corrected chi connectivity index (χ4v) is 3.02. The lowest BCUT2D eigenvalue weighted by atomic mass is 10.1. The van der Waals surface area contributed by atoms with Crippen LogP contribution in [-0.2, 0) is 11.8 Å². The Labute approximate surface area is 150 Å². The van der Waals surface area contributed by atoms with Gasteiger partial charge in [0.05, 0.1) is 24.2 Å². The van der Waals surface area contributed by atoms with Gasteiger partial charge in [-0.25, -0.2) is 4.79 Å². The van der Waals surface area contributed by atoms with Crippen LogP contribution < -0.4 is 5.32 Å². The lowest BCUT2D eigenvalue weighted by molar-refractivity contribution is -0.136. The minimum Gasteiger partial charge on any atom is -0.481 e. The molecule has 26 heavy (non-hydrogen) atoms. The number of hydrogen-bond acceptors (Lipinski definition) is 6. The van der Waals surface area contributed by atoms with Crippen LogP contribution in [0.3, 0.4) is 0 Å². The number of carbonyl (C=O) groups excluding carboxylic acids is 1. The highest BCUT2D eigenvalue weighted by Gasteiger charge is 2.30. The molecule has 140 valence electrons. The lowest BCUT2D eigenvalue weighted by Crippen LogP contribution is -2.43.